The van der Waals surface area contributed by atoms with Crippen LogP contribution in [-0.4, -0.2) is 4.92 Å². The van der Waals surface area contributed by atoms with Crippen LogP contribution in [0.1, 0.15) is 32.3 Å². The molecule has 0 aromatic heterocycles. The van der Waals surface area contributed by atoms with Crippen molar-refractivity contribution in [1.82, 2.24) is 0 Å². The highest BCUT2D eigenvalue weighted by atomic mass is 31.2. The molecule has 0 bridgehead atoms. The Balaban J connectivity index is 3.59. The van der Waals surface area contributed by atoms with E-state index in [1.807, 2.05) is 0 Å². The zero-order valence-electron chi connectivity index (χ0n) is 10.2. The Morgan fingerprint density at radius 2 is 1.72 bits per heavy atom. The van der Waals surface area contributed by atoms with Crippen LogP contribution in [0.4, 0.5) is 5.69 Å². The molecule has 1 aromatic rings. The van der Waals surface area contributed by atoms with Gasteiger partial charge in [-0.2, -0.15) is 0 Å². The first-order valence-corrected chi connectivity index (χ1v) is 7.10. The van der Waals surface area contributed by atoms with Crippen LogP contribution in [-0.2, 0) is 9.72 Å². The third kappa shape index (κ3) is 2.32. The quantitative estimate of drug-likeness (QED) is 0.458. The van der Waals surface area contributed by atoms with Crippen LogP contribution >= 0.6 is 7.60 Å². The summed E-state index contributed by atoms with van der Waals surface area (Å²) in [6.07, 6.45) is 0.0251. The van der Waals surface area contributed by atoms with Crippen molar-refractivity contribution < 1.29 is 19.3 Å². The topological polar surface area (TPSA) is 106 Å². The average molecular weight is 271 g/mol. The summed E-state index contributed by atoms with van der Waals surface area (Å²) in [7, 11) is -5.00. The van der Waals surface area contributed by atoms with Gasteiger partial charge in [0.25, 0.3) is 5.69 Å². The number of benzene rings is 1. The van der Waals surface area contributed by atoms with Gasteiger partial charge in [-0.15, -0.1) is 0 Å². The van der Waals surface area contributed by atoms with Gasteiger partial charge in [0, 0.05) is 16.8 Å². The van der Waals surface area contributed by atoms with Crippen molar-refractivity contribution in [2.75, 3.05) is 0 Å². The van der Waals surface area contributed by atoms with Crippen LogP contribution in [0.2, 0.25) is 0 Å². The van der Waals surface area contributed by atoms with Gasteiger partial charge in [0.15, 0.2) is 0 Å². The molecule has 0 aliphatic carbocycles. The fourth-order valence-corrected chi connectivity index (χ4v) is 3.45. The lowest BCUT2D eigenvalue weighted by molar-refractivity contribution is -0.386. The molecule has 0 fully saturated rings. The standard InChI is InChI=1S/C11H16NO5P/c1-3-11(4-2,18(15,16)17)9-7-5-6-8-10(9)12(13)14/h5-8H,3-4H2,1-2H3,(H2,15,16,17)/p-2. The van der Waals surface area contributed by atoms with E-state index in [9.17, 15) is 24.5 Å². The summed E-state index contributed by atoms with van der Waals surface area (Å²) in [4.78, 5) is 33.4. The molecule has 6 nitrogen and oxygen atoms in total. The molecule has 0 saturated carbocycles. The Hall–Kier alpha value is -1.23. The van der Waals surface area contributed by atoms with Gasteiger partial charge in [0.2, 0.25) is 0 Å². The molecule has 0 spiro atoms. The first-order chi connectivity index (χ1) is 8.30. The van der Waals surface area contributed by atoms with E-state index < -0.39 is 17.7 Å². The van der Waals surface area contributed by atoms with E-state index >= 15 is 0 Å². The monoisotopic (exact) mass is 271 g/mol. The van der Waals surface area contributed by atoms with Crippen LogP contribution in [0.5, 0.6) is 0 Å². The second-order valence-electron chi connectivity index (χ2n) is 4.01. The normalized spacial score (nSPS) is 12.4. The molecular formula is C11H14NO5P-2. The van der Waals surface area contributed by atoms with Crippen molar-refractivity contribution in [2.24, 2.45) is 0 Å². The molecule has 0 amide bonds. The zero-order chi connectivity index (χ0) is 14.0. The highest BCUT2D eigenvalue weighted by Gasteiger charge is 2.37. The minimum absolute atomic E-state index is 0.0125. The molecule has 1 aromatic carbocycles. The minimum atomic E-state index is -5.00. The predicted molar refractivity (Wildman–Crippen MR) is 63.0 cm³/mol. The Morgan fingerprint density at radius 1 is 1.22 bits per heavy atom. The van der Waals surface area contributed by atoms with Crippen molar-refractivity contribution in [3.05, 3.63) is 39.9 Å². The van der Waals surface area contributed by atoms with Gasteiger partial charge in [-0.1, -0.05) is 39.6 Å². The summed E-state index contributed by atoms with van der Waals surface area (Å²) >= 11 is 0. The maximum atomic E-state index is 11.5. The smallest absolute Gasteiger partial charge is 0.273 e. The van der Waals surface area contributed by atoms with Crippen molar-refractivity contribution in [2.45, 2.75) is 31.8 Å². The lowest BCUT2D eigenvalue weighted by Crippen LogP contribution is -2.36. The molecule has 0 aliphatic rings. The SMILES string of the molecule is CCC(CC)(c1ccccc1[N+](=O)[O-])P(=O)([O-])[O-]. The molecule has 100 valence electrons. The summed E-state index contributed by atoms with van der Waals surface area (Å²) in [5.41, 5.74) is -0.346. The largest absolute Gasteiger partial charge is 0.810 e. The summed E-state index contributed by atoms with van der Waals surface area (Å²) in [5.74, 6) is 0. The lowest BCUT2D eigenvalue weighted by atomic mass is 9.91. The van der Waals surface area contributed by atoms with Crippen LogP contribution in [0.3, 0.4) is 0 Å². The number of rotatable bonds is 5. The molecule has 1 rings (SSSR count). The number of nitro benzene ring substituents is 1. The molecule has 0 N–H and O–H groups in total. The van der Waals surface area contributed by atoms with Gasteiger partial charge < -0.3 is 14.4 Å². The Kier molecular flexibility index (Phi) is 4.27. The lowest BCUT2D eigenvalue weighted by Gasteiger charge is -2.49. The molecule has 7 heteroatoms. The number of para-hydroxylation sites is 1. The molecule has 0 radical (unpaired) electrons. The van der Waals surface area contributed by atoms with E-state index in [-0.39, 0.29) is 24.1 Å². The van der Waals surface area contributed by atoms with Gasteiger partial charge in [0.05, 0.1) is 4.92 Å². The van der Waals surface area contributed by atoms with Crippen molar-refractivity contribution in [1.29, 1.82) is 0 Å². The van der Waals surface area contributed by atoms with Crippen LogP contribution < -0.4 is 9.79 Å². The van der Waals surface area contributed by atoms with Crippen LogP contribution in [0.25, 0.3) is 0 Å². The van der Waals surface area contributed by atoms with E-state index in [0.717, 1.165) is 0 Å². The van der Waals surface area contributed by atoms with Crippen molar-refractivity contribution in [3.63, 3.8) is 0 Å². The fraction of sp³-hybridized carbons (Fsp3) is 0.455. The van der Waals surface area contributed by atoms with Gasteiger partial charge in [-0.05, 0) is 12.8 Å². The number of hydrogen-bond acceptors (Lipinski definition) is 5. The Morgan fingerprint density at radius 3 is 2.11 bits per heavy atom. The Labute approximate surface area is 105 Å². The third-order valence-corrected chi connectivity index (χ3v) is 5.22. The van der Waals surface area contributed by atoms with E-state index in [1.54, 1.807) is 13.8 Å². The maximum Gasteiger partial charge on any atom is 0.273 e. The number of nitro groups is 1. The minimum Gasteiger partial charge on any atom is -0.810 e. The second kappa shape index (κ2) is 5.18. The van der Waals surface area contributed by atoms with E-state index in [1.165, 1.54) is 24.3 Å². The van der Waals surface area contributed by atoms with Crippen molar-refractivity contribution in [3.8, 4) is 0 Å². The molecule has 18 heavy (non-hydrogen) atoms. The summed E-state index contributed by atoms with van der Waals surface area (Å²) in [6, 6.07) is 5.49. The number of nitrogens with zero attached hydrogens (tertiary/aromatic N) is 1. The molecule has 0 atom stereocenters. The third-order valence-electron chi connectivity index (χ3n) is 3.30. The van der Waals surface area contributed by atoms with Gasteiger partial charge in [-0.3, -0.25) is 10.1 Å². The molecule has 0 saturated heterocycles. The molecule has 0 heterocycles. The maximum absolute atomic E-state index is 11.5. The molecule has 0 aliphatic heterocycles. The number of hydrogen-bond donors (Lipinski definition) is 0. The second-order valence-corrected chi connectivity index (χ2v) is 5.86. The summed E-state index contributed by atoms with van der Waals surface area (Å²) < 4.78 is 11.5. The van der Waals surface area contributed by atoms with E-state index in [2.05, 4.69) is 0 Å². The van der Waals surface area contributed by atoms with Crippen molar-refractivity contribution >= 4 is 13.3 Å². The predicted octanol–water partition coefficient (Wildman–Crippen LogP) is 1.52. The van der Waals surface area contributed by atoms with Crippen LogP contribution in [0, 0.1) is 10.1 Å². The zero-order valence-corrected chi connectivity index (χ0v) is 11.1. The van der Waals surface area contributed by atoms with Crippen LogP contribution in [0.15, 0.2) is 24.3 Å². The highest BCUT2D eigenvalue weighted by molar-refractivity contribution is 7.50. The molecule has 0 unspecified atom stereocenters. The van der Waals surface area contributed by atoms with E-state index in [4.69, 9.17) is 0 Å². The summed E-state index contributed by atoms with van der Waals surface area (Å²) in [5, 5.41) is 9.23. The first kappa shape index (κ1) is 14.8. The highest BCUT2D eigenvalue weighted by Crippen LogP contribution is 2.57. The molecular weight excluding hydrogens is 257 g/mol. The average Bonchev–Trinajstić information content (AvgIpc) is 2.30. The van der Waals surface area contributed by atoms with Gasteiger partial charge in [0.1, 0.15) is 0 Å². The fourth-order valence-electron chi connectivity index (χ4n) is 2.19. The van der Waals surface area contributed by atoms with E-state index in [0.29, 0.717) is 0 Å². The van der Waals surface area contributed by atoms with Gasteiger partial charge >= 0.3 is 0 Å². The first-order valence-electron chi connectivity index (χ1n) is 5.56. The van der Waals surface area contributed by atoms with Gasteiger partial charge in [-0.25, -0.2) is 0 Å². The Bertz CT molecular complexity index is 492. The summed E-state index contributed by atoms with van der Waals surface area (Å²) in [6.45, 7) is 3.09.